The lowest BCUT2D eigenvalue weighted by Gasteiger charge is -2.29. The van der Waals surface area contributed by atoms with E-state index in [4.69, 9.17) is 24.2 Å². The van der Waals surface area contributed by atoms with Gasteiger partial charge >= 0.3 is 0 Å². The maximum absolute atomic E-state index is 8.90. The number of fused-ring (bicyclic) bond motifs is 1. The van der Waals surface area contributed by atoms with Crippen molar-refractivity contribution in [2.45, 2.75) is 38.1 Å². The van der Waals surface area contributed by atoms with E-state index in [1.54, 1.807) is 0 Å². The second-order valence-corrected chi connectivity index (χ2v) is 4.02. The number of methoxy groups -OCH3 is 1. The highest BCUT2D eigenvalue weighted by molar-refractivity contribution is 5.92. The number of hydrogen-bond donors (Lipinski definition) is 1. The number of ether oxygens (including phenoxy) is 4. The average Bonchev–Trinajstić information content (AvgIpc) is 2.50. The Morgan fingerprint density at radius 1 is 1.47 bits per heavy atom. The minimum absolute atomic E-state index is 0.239. The van der Waals surface area contributed by atoms with Gasteiger partial charge in [0.05, 0.1) is 6.61 Å². The molecule has 86 valence electrons. The molecule has 2 aliphatic rings. The van der Waals surface area contributed by atoms with Crippen molar-refractivity contribution < 1.29 is 24.2 Å². The molecule has 0 saturated carbocycles. The highest BCUT2D eigenvalue weighted by Gasteiger charge is 2.49. The first-order valence-corrected chi connectivity index (χ1v) is 4.79. The SMILES string of the molecule is COC1OCC2OC(C)(C)OC2/C1=N\O. The van der Waals surface area contributed by atoms with Crippen LogP contribution in [0.15, 0.2) is 5.16 Å². The molecule has 0 bridgehead atoms. The van der Waals surface area contributed by atoms with Crippen molar-refractivity contribution in [2.75, 3.05) is 13.7 Å². The fourth-order valence-corrected chi connectivity index (χ4v) is 1.90. The first-order valence-electron chi connectivity index (χ1n) is 4.79. The summed E-state index contributed by atoms with van der Waals surface area (Å²) >= 11 is 0. The van der Waals surface area contributed by atoms with Crippen LogP contribution >= 0.6 is 0 Å². The summed E-state index contributed by atoms with van der Waals surface area (Å²) in [5.41, 5.74) is 0.319. The van der Waals surface area contributed by atoms with Crippen molar-refractivity contribution in [3.63, 3.8) is 0 Å². The van der Waals surface area contributed by atoms with Gasteiger partial charge < -0.3 is 24.2 Å². The zero-order chi connectivity index (χ0) is 11.1. The summed E-state index contributed by atoms with van der Waals surface area (Å²) in [6.45, 7) is 3.98. The molecule has 15 heavy (non-hydrogen) atoms. The first-order chi connectivity index (χ1) is 7.07. The van der Waals surface area contributed by atoms with Gasteiger partial charge in [-0.15, -0.1) is 0 Å². The van der Waals surface area contributed by atoms with Gasteiger partial charge in [0.25, 0.3) is 0 Å². The molecule has 2 fully saturated rings. The van der Waals surface area contributed by atoms with Gasteiger partial charge in [-0.1, -0.05) is 5.16 Å². The van der Waals surface area contributed by atoms with Crippen LogP contribution in [0.5, 0.6) is 0 Å². The molecule has 6 heteroatoms. The third kappa shape index (κ3) is 1.85. The van der Waals surface area contributed by atoms with Crippen molar-refractivity contribution in [3.8, 4) is 0 Å². The normalized spacial score (nSPS) is 41.8. The van der Waals surface area contributed by atoms with Crippen LogP contribution in [0.25, 0.3) is 0 Å². The maximum atomic E-state index is 8.90. The molecule has 2 aliphatic heterocycles. The summed E-state index contributed by atoms with van der Waals surface area (Å²) in [4.78, 5) is 0. The van der Waals surface area contributed by atoms with Gasteiger partial charge in [-0.2, -0.15) is 0 Å². The quantitative estimate of drug-likeness (QED) is 0.506. The van der Waals surface area contributed by atoms with Crippen LogP contribution in [0.3, 0.4) is 0 Å². The Balaban J connectivity index is 2.19. The van der Waals surface area contributed by atoms with Gasteiger partial charge in [-0.3, -0.25) is 0 Å². The molecule has 1 N–H and O–H groups in total. The fourth-order valence-electron chi connectivity index (χ4n) is 1.90. The van der Waals surface area contributed by atoms with Crippen molar-refractivity contribution in [1.29, 1.82) is 0 Å². The molecule has 0 radical (unpaired) electrons. The van der Waals surface area contributed by atoms with Gasteiger partial charge in [0.15, 0.2) is 5.79 Å². The van der Waals surface area contributed by atoms with Gasteiger partial charge in [0.2, 0.25) is 6.29 Å². The van der Waals surface area contributed by atoms with E-state index in [2.05, 4.69) is 5.16 Å². The average molecular weight is 217 g/mol. The maximum Gasteiger partial charge on any atom is 0.203 e. The molecule has 0 aromatic rings. The van der Waals surface area contributed by atoms with Crippen molar-refractivity contribution in [1.82, 2.24) is 0 Å². The molecule has 0 amide bonds. The topological polar surface area (TPSA) is 69.5 Å². The van der Waals surface area contributed by atoms with E-state index in [9.17, 15) is 0 Å². The van der Waals surface area contributed by atoms with E-state index in [1.165, 1.54) is 7.11 Å². The van der Waals surface area contributed by atoms with Gasteiger partial charge in [0.1, 0.15) is 17.9 Å². The molecule has 3 unspecified atom stereocenters. The number of oxime groups is 1. The Kier molecular flexibility index (Phi) is 2.68. The standard InChI is InChI=1S/C9H15NO5/c1-9(2)14-5-4-13-8(12-3)6(10-11)7(5)15-9/h5,7-8,11H,4H2,1-3H3/b10-6+. The summed E-state index contributed by atoms with van der Waals surface area (Å²) < 4.78 is 21.5. The van der Waals surface area contributed by atoms with Gasteiger partial charge in [0, 0.05) is 7.11 Å². The summed E-state index contributed by atoms with van der Waals surface area (Å²) in [5, 5.41) is 12.1. The van der Waals surface area contributed by atoms with Crippen LogP contribution in [0, 0.1) is 0 Å². The lowest BCUT2D eigenvalue weighted by atomic mass is 10.1. The number of rotatable bonds is 1. The highest BCUT2D eigenvalue weighted by Crippen LogP contribution is 2.32. The van der Waals surface area contributed by atoms with E-state index in [1.807, 2.05) is 13.8 Å². The van der Waals surface area contributed by atoms with Crippen LogP contribution in [0.1, 0.15) is 13.8 Å². The second-order valence-electron chi connectivity index (χ2n) is 4.02. The Bertz CT molecular complexity index is 278. The fraction of sp³-hybridized carbons (Fsp3) is 0.889. The summed E-state index contributed by atoms with van der Waals surface area (Å²) in [7, 11) is 1.48. The number of hydrogen-bond acceptors (Lipinski definition) is 6. The third-order valence-corrected chi connectivity index (χ3v) is 2.46. The third-order valence-electron chi connectivity index (χ3n) is 2.46. The van der Waals surface area contributed by atoms with Crippen LogP contribution < -0.4 is 0 Å². The molecule has 2 heterocycles. The monoisotopic (exact) mass is 217 g/mol. The van der Waals surface area contributed by atoms with E-state index < -0.39 is 18.2 Å². The zero-order valence-corrected chi connectivity index (χ0v) is 8.97. The molecular weight excluding hydrogens is 202 g/mol. The predicted octanol–water partition coefficient (Wildman–Crippen LogP) is 0.339. The van der Waals surface area contributed by atoms with Crippen LogP contribution in [0.2, 0.25) is 0 Å². The summed E-state index contributed by atoms with van der Waals surface area (Å²) in [6, 6.07) is 0. The number of nitrogens with zero attached hydrogens (tertiary/aromatic N) is 1. The Morgan fingerprint density at radius 3 is 2.80 bits per heavy atom. The van der Waals surface area contributed by atoms with Crippen LogP contribution in [-0.4, -0.2) is 48.9 Å². The largest absolute Gasteiger partial charge is 0.411 e. The zero-order valence-electron chi connectivity index (χ0n) is 8.97. The Labute approximate surface area is 87.7 Å². The van der Waals surface area contributed by atoms with Crippen LogP contribution in [0.4, 0.5) is 0 Å². The molecule has 3 atom stereocenters. The van der Waals surface area contributed by atoms with Crippen molar-refractivity contribution >= 4 is 5.71 Å². The first kappa shape index (κ1) is 10.8. The summed E-state index contributed by atoms with van der Waals surface area (Å²) in [6.07, 6.45) is -1.30. The molecular formula is C9H15NO5. The van der Waals surface area contributed by atoms with Crippen LogP contribution in [-0.2, 0) is 18.9 Å². The van der Waals surface area contributed by atoms with Crippen molar-refractivity contribution in [2.24, 2.45) is 5.16 Å². The minimum Gasteiger partial charge on any atom is -0.411 e. The predicted molar refractivity (Wildman–Crippen MR) is 49.8 cm³/mol. The molecule has 0 aromatic heterocycles. The molecule has 0 spiro atoms. The molecule has 2 saturated heterocycles. The smallest absolute Gasteiger partial charge is 0.203 e. The molecule has 0 aliphatic carbocycles. The molecule has 0 aromatic carbocycles. The highest BCUT2D eigenvalue weighted by atomic mass is 16.8. The lowest BCUT2D eigenvalue weighted by molar-refractivity contribution is -0.153. The Morgan fingerprint density at radius 2 is 2.20 bits per heavy atom. The van der Waals surface area contributed by atoms with E-state index in [0.29, 0.717) is 12.3 Å². The molecule has 2 rings (SSSR count). The van der Waals surface area contributed by atoms with E-state index >= 15 is 0 Å². The minimum atomic E-state index is -0.683. The molecule has 6 nitrogen and oxygen atoms in total. The summed E-state index contributed by atoms with van der Waals surface area (Å²) in [5.74, 6) is -0.683. The van der Waals surface area contributed by atoms with Crippen molar-refractivity contribution in [3.05, 3.63) is 0 Å². The Hall–Kier alpha value is -0.690. The van der Waals surface area contributed by atoms with E-state index in [-0.39, 0.29) is 6.10 Å². The second kappa shape index (κ2) is 3.71. The van der Waals surface area contributed by atoms with Gasteiger partial charge in [-0.25, -0.2) is 0 Å². The van der Waals surface area contributed by atoms with E-state index in [0.717, 1.165) is 0 Å². The van der Waals surface area contributed by atoms with Gasteiger partial charge in [-0.05, 0) is 13.8 Å². The lowest BCUT2D eigenvalue weighted by Crippen LogP contribution is -2.49.